The Morgan fingerprint density at radius 3 is 2.61 bits per heavy atom. The Hall–Kier alpha value is -2.43. The van der Waals surface area contributed by atoms with Crippen LogP contribution in [-0.2, 0) is 28.7 Å². The summed E-state index contributed by atoms with van der Waals surface area (Å²) in [5, 5.41) is 7.16. The maximum absolute atomic E-state index is 12.6. The summed E-state index contributed by atoms with van der Waals surface area (Å²) in [6.07, 6.45) is 2.48. The molecule has 4 rings (SSSR count). The van der Waals surface area contributed by atoms with E-state index in [1.165, 1.54) is 21.7 Å². The molecule has 1 aromatic heterocycles. The minimum atomic E-state index is -3.40. The van der Waals surface area contributed by atoms with Crippen LogP contribution in [0.25, 0.3) is 0 Å². The smallest absolute Gasteiger partial charge is 0.220 e. The third-order valence-corrected chi connectivity index (χ3v) is 7.70. The molecule has 2 aromatic rings. The summed E-state index contributed by atoms with van der Waals surface area (Å²) in [6, 6.07) is 10.2. The molecule has 0 aliphatic carbocycles. The van der Waals surface area contributed by atoms with E-state index < -0.39 is 10.0 Å². The summed E-state index contributed by atoms with van der Waals surface area (Å²) in [4.78, 5) is 8.97. The Labute approximate surface area is 183 Å². The van der Waals surface area contributed by atoms with Crippen molar-refractivity contribution in [1.29, 1.82) is 0 Å². The summed E-state index contributed by atoms with van der Waals surface area (Å²) < 4.78 is 31.5. The van der Waals surface area contributed by atoms with Gasteiger partial charge in [-0.2, -0.15) is 4.31 Å². The van der Waals surface area contributed by atoms with Gasteiger partial charge in [-0.05, 0) is 17.5 Å². The molecular formula is C21H30N6O3S. The quantitative estimate of drug-likeness (QED) is 0.517. The highest BCUT2D eigenvalue weighted by Gasteiger charge is 2.29. The van der Waals surface area contributed by atoms with Gasteiger partial charge in [0.25, 0.3) is 0 Å². The molecule has 31 heavy (non-hydrogen) atoms. The highest BCUT2D eigenvalue weighted by atomic mass is 32.2. The van der Waals surface area contributed by atoms with Gasteiger partial charge in [0.15, 0.2) is 5.96 Å². The summed E-state index contributed by atoms with van der Waals surface area (Å²) in [7, 11) is -1.63. The minimum Gasteiger partial charge on any atom is -0.364 e. The van der Waals surface area contributed by atoms with E-state index in [2.05, 4.69) is 49.5 Å². The first kappa shape index (κ1) is 21.8. The van der Waals surface area contributed by atoms with Crippen molar-refractivity contribution in [1.82, 2.24) is 24.6 Å². The van der Waals surface area contributed by atoms with Crippen molar-refractivity contribution in [3.63, 3.8) is 0 Å². The fourth-order valence-corrected chi connectivity index (χ4v) is 5.60. The molecule has 10 heteroatoms. The second-order valence-electron chi connectivity index (χ2n) is 7.90. The van der Waals surface area contributed by atoms with E-state index in [1.807, 2.05) is 0 Å². The van der Waals surface area contributed by atoms with Gasteiger partial charge >= 0.3 is 0 Å². The number of hydrogen-bond donors (Lipinski definition) is 1. The number of nitrogens with one attached hydrogen (secondary N) is 1. The standard InChI is InChI=1S/C21H30N6O3S/c1-22-21(23-8-10-25-9-6-18-4-2-3-5-19(18)16-25)26-11-13-27(14-12-26)31(28,29)17-20-7-15-30-24-20/h2-5,7,15H,6,8-14,16-17H2,1H3,(H,22,23). The zero-order valence-corrected chi connectivity index (χ0v) is 18.7. The summed E-state index contributed by atoms with van der Waals surface area (Å²) >= 11 is 0. The van der Waals surface area contributed by atoms with Crippen molar-refractivity contribution in [3.05, 3.63) is 53.4 Å². The minimum absolute atomic E-state index is 0.130. The lowest BCUT2D eigenvalue weighted by molar-refractivity contribution is 0.247. The summed E-state index contributed by atoms with van der Waals surface area (Å²) in [5.41, 5.74) is 3.31. The van der Waals surface area contributed by atoms with Crippen LogP contribution in [0, 0.1) is 0 Å². The van der Waals surface area contributed by atoms with Crippen LogP contribution in [0.2, 0.25) is 0 Å². The fourth-order valence-electron chi connectivity index (χ4n) is 4.17. The molecule has 3 heterocycles. The fraction of sp³-hybridized carbons (Fsp3) is 0.524. The molecule has 2 aliphatic rings. The lowest BCUT2D eigenvalue weighted by atomic mass is 10.00. The van der Waals surface area contributed by atoms with E-state index in [-0.39, 0.29) is 5.75 Å². The van der Waals surface area contributed by atoms with Crippen molar-refractivity contribution in [2.24, 2.45) is 4.99 Å². The zero-order chi connectivity index (χ0) is 21.7. The Morgan fingerprint density at radius 2 is 1.90 bits per heavy atom. The highest BCUT2D eigenvalue weighted by Crippen LogP contribution is 2.18. The molecule has 0 spiro atoms. The van der Waals surface area contributed by atoms with Gasteiger partial charge in [0.05, 0.1) is 5.69 Å². The molecule has 0 saturated carbocycles. The molecule has 9 nitrogen and oxygen atoms in total. The molecule has 1 saturated heterocycles. The van der Waals surface area contributed by atoms with Crippen LogP contribution in [0.3, 0.4) is 0 Å². The van der Waals surface area contributed by atoms with E-state index in [1.54, 1.807) is 13.1 Å². The van der Waals surface area contributed by atoms with Crippen LogP contribution < -0.4 is 5.32 Å². The van der Waals surface area contributed by atoms with Crippen LogP contribution in [0.1, 0.15) is 16.8 Å². The molecule has 2 aliphatic heterocycles. The monoisotopic (exact) mass is 446 g/mol. The van der Waals surface area contributed by atoms with Crippen LogP contribution in [-0.4, -0.2) is 86.5 Å². The number of guanidine groups is 1. The van der Waals surface area contributed by atoms with Crippen LogP contribution >= 0.6 is 0 Å². The third-order valence-electron chi connectivity index (χ3n) is 5.89. The number of piperazine rings is 1. The van der Waals surface area contributed by atoms with E-state index >= 15 is 0 Å². The zero-order valence-electron chi connectivity index (χ0n) is 17.9. The molecular weight excluding hydrogens is 416 g/mol. The Bertz CT molecular complexity index is 984. The number of hydrogen-bond acceptors (Lipinski definition) is 6. The summed E-state index contributed by atoms with van der Waals surface area (Å²) in [5.74, 6) is 0.695. The largest absolute Gasteiger partial charge is 0.364 e. The number of aromatic nitrogens is 1. The second-order valence-corrected chi connectivity index (χ2v) is 9.87. The van der Waals surface area contributed by atoms with Gasteiger partial charge in [0, 0.05) is 65.5 Å². The van der Waals surface area contributed by atoms with Gasteiger partial charge in [0.1, 0.15) is 12.0 Å². The van der Waals surface area contributed by atoms with Crippen molar-refractivity contribution < 1.29 is 12.9 Å². The SMILES string of the molecule is CN=C(NCCN1CCc2ccccc2C1)N1CCN(S(=O)(=O)Cc2ccon2)CC1. The lowest BCUT2D eigenvalue weighted by Crippen LogP contribution is -2.54. The Morgan fingerprint density at radius 1 is 1.13 bits per heavy atom. The maximum Gasteiger partial charge on any atom is 0.220 e. The highest BCUT2D eigenvalue weighted by molar-refractivity contribution is 7.88. The first-order valence-electron chi connectivity index (χ1n) is 10.7. The predicted molar refractivity (Wildman–Crippen MR) is 119 cm³/mol. The first-order valence-corrected chi connectivity index (χ1v) is 12.3. The van der Waals surface area contributed by atoms with Gasteiger partial charge < -0.3 is 14.7 Å². The number of sulfonamides is 1. The lowest BCUT2D eigenvalue weighted by Gasteiger charge is -2.36. The molecule has 0 unspecified atom stereocenters. The maximum atomic E-state index is 12.6. The van der Waals surface area contributed by atoms with Gasteiger partial charge in [-0.1, -0.05) is 29.4 Å². The average molecular weight is 447 g/mol. The van der Waals surface area contributed by atoms with E-state index in [0.29, 0.717) is 31.9 Å². The van der Waals surface area contributed by atoms with Crippen molar-refractivity contribution in [3.8, 4) is 0 Å². The number of nitrogens with zero attached hydrogens (tertiary/aromatic N) is 5. The normalized spacial score (nSPS) is 18.7. The third kappa shape index (κ3) is 5.44. The molecule has 1 aromatic carbocycles. The van der Waals surface area contributed by atoms with E-state index in [9.17, 15) is 8.42 Å². The van der Waals surface area contributed by atoms with Crippen molar-refractivity contribution >= 4 is 16.0 Å². The number of fused-ring (bicyclic) bond motifs is 1. The van der Waals surface area contributed by atoms with E-state index in [0.717, 1.165) is 38.6 Å². The molecule has 0 amide bonds. The van der Waals surface area contributed by atoms with Crippen molar-refractivity contribution in [2.75, 3.05) is 52.9 Å². The van der Waals surface area contributed by atoms with Gasteiger partial charge in [0.2, 0.25) is 10.0 Å². The first-order chi connectivity index (χ1) is 15.0. The Balaban J connectivity index is 1.23. The van der Waals surface area contributed by atoms with Crippen LogP contribution in [0.15, 0.2) is 46.1 Å². The van der Waals surface area contributed by atoms with Gasteiger partial charge in [-0.25, -0.2) is 8.42 Å². The molecule has 0 bridgehead atoms. The molecule has 1 fully saturated rings. The molecule has 168 valence electrons. The predicted octanol–water partition coefficient (Wildman–Crippen LogP) is 0.756. The molecule has 0 radical (unpaired) electrons. The van der Waals surface area contributed by atoms with Crippen LogP contribution in [0.5, 0.6) is 0 Å². The average Bonchev–Trinajstić information content (AvgIpc) is 3.29. The van der Waals surface area contributed by atoms with Gasteiger partial charge in [-0.15, -0.1) is 0 Å². The Kier molecular flexibility index (Phi) is 6.89. The number of aliphatic imine (C=N–C) groups is 1. The number of benzene rings is 1. The summed E-state index contributed by atoms with van der Waals surface area (Å²) in [6.45, 7) is 5.88. The van der Waals surface area contributed by atoms with E-state index in [4.69, 9.17) is 4.52 Å². The molecule has 0 atom stereocenters. The van der Waals surface area contributed by atoms with Gasteiger partial charge in [-0.3, -0.25) is 9.89 Å². The van der Waals surface area contributed by atoms with Crippen molar-refractivity contribution in [2.45, 2.75) is 18.7 Å². The van der Waals surface area contributed by atoms with Crippen LogP contribution in [0.4, 0.5) is 0 Å². The molecule has 1 N–H and O–H groups in total. The number of rotatable bonds is 6. The topological polar surface area (TPSA) is 94.3 Å². The second kappa shape index (κ2) is 9.80.